The predicted octanol–water partition coefficient (Wildman–Crippen LogP) is 2.81. The third-order valence-corrected chi connectivity index (χ3v) is 3.40. The normalized spacial score (nSPS) is 31.1. The van der Waals surface area contributed by atoms with Gasteiger partial charge in [0.05, 0.1) is 6.10 Å². The Bertz CT molecular complexity index is 193. The second kappa shape index (κ2) is 4.43. The van der Waals surface area contributed by atoms with E-state index in [-0.39, 0.29) is 17.6 Å². The highest BCUT2D eigenvalue weighted by atomic mass is 16.5. The Hall–Kier alpha value is -0.370. The minimum Gasteiger partial charge on any atom is -0.367 e. The molecule has 0 radical (unpaired) electrons. The summed E-state index contributed by atoms with van der Waals surface area (Å²) in [7, 11) is 0. The molecule has 2 nitrogen and oxygen atoms in total. The zero-order chi connectivity index (χ0) is 10.8. The van der Waals surface area contributed by atoms with Gasteiger partial charge in [-0.3, -0.25) is 0 Å². The van der Waals surface area contributed by atoms with Crippen LogP contribution in [0.3, 0.4) is 0 Å². The van der Waals surface area contributed by atoms with Gasteiger partial charge in [-0.2, -0.15) is 0 Å². The first-order valence-corrected chi connectivity index (χ1v) is 5.56. The van der Waals surface area contributed by atoms with Crippen LogP contribution in [0.25, 0.3) is 0 Å². The summed E-state index contributed by atoms with van der Waals surface area (Å²) in [5, 5.41) is 0. The fourth-order valence-corrected chi connectivity index (χ4v) is 1.91. The molecule has 0 aliphatic carbocycles. The average molecular weight is 198 g/mol. The number of aldehydes is 1. The van der Waals surface area contributed by atoms with Gasteiger partial charge in [-0.15, -0.1) is 0 Å². The van der Waals surface area contributed by atoms with Crippen molar-refractivity contribution >= 4 is 6.29 Å². The number of rotatable bonds is 2. The van der Waals surface area contributed by atoms with Crippen LogP contribution in [0.2, 0.25) is 0 Å². The molecule has 0 aromatic heterocycles. The third kappa shape index (κ3) is 2.81. The van der Waals surface area contributed by atoms with E-state index in [1.165, 1.54) is 0 Å². The molecule has 0 aromatic carbocycles. The molecule has 0 amide bonds. The van der Waals surface area contributed by atoms with Gasteiger partial charge in [0.15, 0.2) is 0 Å². The van der Waals surface area contributed by atoms with Crippen molar-refractivity contribution in [2.45, 2.75) is 59.2 Å². The van der Waals surface area contributed by atoms with Crippen LogP contribution >= 0.6 is 0 Å². The Morgan fingerprint density at radius 3 is 2.50 bits per heavy atom. The van der Waals surface area contributed by atoms with Crippen molar-refractivity contribution in [2.24, 2.45) is 11.3 Å². The van der Waals surface area contributed by atoms with Gasteiger partial charge in [-0.1, -0.05) is 27.7 Å². The molecule has 1 saturated heterocycles. The fourth-order valence-electron chi connectivity index (χ4n) is 1.91. The van der Waals surface area contributed by atoms with E-state index in [9.17, 15) is 4.79 Å². The first kappa shape index (κ1) is 11.7. The van der Waals surface area contributed by atoms with Gasteiger partial charge in [-0.25, -0.2) is 0 Å². The molecule has 1 heterocycles. The van der Waals surface area contributed by atoms with Gasteiger partial charge in [0.2, 0.25) is 0 Å². The van der Waals surface area contributed by atoms with Crippen LogP contribution in [0.4, 0.5) is 0 Å². The topological polar surface area (TPSA) is 26.3 Å². The van der Waals surface area contributed by atoms with E-state index in [4.69, 9.17) is 4.74 Å². The smallest absolute Gasteiger partial charge is 0.148 e. The van der Waals surface area contributed by atoms with Gasteiger partial charge in [0, 0.05) is 0 Å². The van der Waals surface area contributed by atoms with Gasteiger partial charge < -0.3 is 9.53 Å². The summed E-state index contributed by atoms with van der Waals surface area (Å²) in [6, 6.07) is 0. The molecule has 1 aliphatic heterocycles. The quantitative estimate of drug-likeness (QED) is 0.638. The van der Waals surface area contributed by atoms with Crippen LogP contribution < -0.4 is 0 Å². The molecule has 82 valence electrons. The van der Waals surface area contributed by atoms with Gasteiger partial charge in [0.1, 0.15) is 12.4 Å². The largest absolute Gasteiger partial charge is 0.367 e. The minimum absolute atomic E-state index is 0.154. The number of carbonyl (C=O) groups is 1. The zero-order valence-corrected chi connectivity index (χ0v) is 9.75. The molecule has 3 unspecified atom stereocenters. The molecule has 2 heteroatoms. The molecule has 0 N–H and O–H groups in total. The van der Waals surface area contributed by atoms with Crippen LogP contribution in [0.15, 0.2) is 0 Å². The van der Waals surface area contributed by atoms with E-state index >= 15 is 0 Å². The molecule has 1 fully saturated rings. The second-order valence-electron chi connectivity index (χ2n) is 5.43. The maximum atomic E-state index is 10.7. The molecule has 0 spiro atoms. The molecule has 1 aliphatic rings. The minimum atomic E-state index is -0.154. The van der Waals surface area contributed by atoms with Crippen molar-refractivity contribution in [3.63, 3.8) is 0 Å². The highest BCUT2D eigenvalue weighted by molar-refractivity contribution is 5.56. The van der Waals surface area contributed by atoms with Crippen molar-refractivity contribution in [2.75, 3.05) is 0 Å². The summed E-state index contributed by atoms with van der Waals surface area (Å²) in [5.41, 5.74) is 0.259. The molecule has 0 bridgehead atoms. The van der Waals surface area contributed by atoms with Crippen molar-refractivity contribution in [1.82, 2.24) is 0 Å². The monoisotopic (exact) mass is 198 g/mol. The van der Waals surface area contributed by atoms with Gasteiger partial charge in [0.25, 0.3) is 0 Å². The molecule has 1 rings (SSSR count). The van der Waals surface area contributed by atoms with E-state index < -0.39 is 0 Å². The second-order valence-corrected chi connectivity index (χ2v) is 5.43. The lowest BCUT2D eigenvalue weighted by molar-refractivity contribution is -0.134. The lowest BCUT2D eigenvalue weighted by Crippen LogP contribution is -2.38. The predicted molar refractivity (Wildman–Crippen MR) is 57.2 cm³/mol. The SMILES string of the molecule is CC(C1CCCC(C=O)O1)C(C)(C)C. The Morgan fingerprint density at radius 2 is 2.00 bits per heavy atom. The Morgan fingerprint density at radius 1 is 1.36 bits per heavy atom. The number of ether oxygens (including phenoxy) is 1. The van der Waals surface area contributed by atoms with E-state index in [0.29, 0.717) is 5.92 Å². The summed E-state index contributed by atoms with van der Waals surface area (Å²) in [6.45, 7) is 8.90. The summed E-state index contributed by atoms with van der Waals surface area (Å²) in [4.78, 5) is 10.7. The lowest BCUT2D eigenvalue weighted by atomic mass is 9.76. The summed E-state index contributed by atoms with van der Waals surface area (Å²) in [5.74, 6) is 0.505. The van der Waals surface area contributed by atoms with E-state index in [1.807, 2.05) is 0 Å². The third-order valence-electron chi connectivity index (χ3n) is 3.40. The summed E-state index contributed by atoms with van der Waals surface area (Å²) < 4.78 is 5.76. The molecule has 0 saturated carbocycles. The highest BCUT2D eigenvalue weighted by Crippen LogP contribution is 2.34. The Kier molecular flexibility index (Phi) is 3.71. The molecule has 0 aromatic rings. The number of carbonyl (C=O) groups excluding carboxylic acids is 1. The van der Waals surface area contributed by atoms with Crippen molar-refractivity contribution in [1.29, 1.82) is 0 Å². The maximum absolute atomic E-state index is 10.7. The molecular formula is C12H22O2. The standard InChI is InChI=1S/C12H22O2/c1-9(12(2,3)4)11-7-5-6-10(8-13)14-11/h8-11H,5-7H2,1-4H3. The van der Waals surface area contributed by atoms with Gasteiger partial charge in [-0.05, 0) is 30.6 Å². The van der Waals surface area contributed by atoms with Gasteiger partial charge >= 0.3 is 0 Å². The van der Waals surface area contributed by atoms with Crippen molar-refractivity contribution < 1.29 is 9.53 Å². The van der Waals surface area contributed by atoms with E-state index in [2.05, 4.69) is 27.7 Å². The van der Waals surface area contributed by atoms with Crippen LogP contribution in [0.1, 0.15) is 47.0 Å². The molecule has 3 atom stereocenters. The molecular weight excluding hydrogens is 176 g/mol. The lowest BCUT2D eigenvalue weighted by Gasteiger charge is -2.38. The van der Waals surface area contributed by atoms with Crippen LogP contribution in [-0.2, 0) is 9.53 Å². The number of hydrogen-bond acceptors (Lipinski definition) is 2. The Balaban J connectivity index is 2.55. The fraction of sp³-hybridized carbons (Fsp3) is 0.917. The summed E-state index contributed by atoms with van der Waals surface area (Å²) in [6.07, 6.45) is 4.17. The van der Waals surface area contributed by atoms with Crippen LogP contribution in [-0.4, -0.2) is 18.5 Å². The van der Waals surface area contributed by atoms with E-state index in [0.717, 1.165) is 25.5 Å². The first-order chi connectivity index (χ1) is 6.45. The van der Waals surface area contributed by atoms with Crippen molar-refractivity contribution in [3.8, 4) is 0 Å². The molecule has 14 heavy (non-hydrogen) atoms. The van der Waals surface area contributed by atoms with Crippen LogP contribution in [0, 0.1) is 11.3 Å². The number of hydrogen-bond donors (Lipinski definition) is 0. The highest BCUT2D eigenvalue weighted by Gasteiger charge is 2.32. The maximum Gasteiger partial charge on any atom is 0.148 e. The van der Waals surface area contributed by atoms with Crippen LogP contribution in [0.5, 0.6) is 0 Å². The Labute approximate surface area is 87.0 Å². The first-order valence-electron chi connectivity index (χ1n) is 5.56. The van der Waals surface area contributed by atoms with E-state index in [1.54, 1.807) is 0 Å². The zero-order valence-electron chi connectivity index (χ0n) is 9.75. The average Bonchev–Trinajstić information content (AvgIpc) is 2.15. The van der Waals surface area contributed by atoms with Crippen molar-refractivity contribution in [3.05, 3.63) is 0 Å². The summed E-state index contributed by atoms with van der Waals surface area (Å²) >= 11 is 0.